The summed E-state index contributed by atoms with van der Waals surface area (Å²) in [5.41, 5.74) is 6.75. The Labute approximate surface area is 111 Å². The third kappa shape index (κ3) is 2.29. The molecule has 0 radical (unpaired) electrons. The van der Waals surface area contributed by atoms with E-state index >= 15 is 0 Å². The average molecular weight is 322 g/mol. The van der Waals surface area contributed by atoms with Gasteiger partial charge in [0.25, 0.3) is 0 Å². The molecule has 2 aromatic carbocycles. The first-order valence-electron chi connectivity index (χ1n) is 5.42. The lowest BCUT2D eigenvalue weighted by Gasteiger charge is -2.09. The van der Waals surface area contributed by atoms with E-state index in [0.717, 1.165) is 0 Å². The molecule has 0 nitrogen and oxygen atoms in total. The molecule has 0 heterocycles. The maximum Gasteiger partial charge on any atom is 0.0130 e. The standard InChI is InChI=1S/C15H15I/c1-10-8-14(9-11(2)12(10)3)13-4-6-15(16)7-5-13/h4-9H,1-3H3. The Morgan fingerprint density at radius 2 is 1.25 bits per heavy atom. The van der Waals surface area contributed by atoms with Gasteiger partial charge in [0.05, 0.1) is 0 Å². The van der Waals surface area contributed by atoms with Crippen LogP contribution in [-0.2, 0) is 0 Å². The molecule has 0 aromatic heterocycles. The molecule has 0 fully saturated rings. The van der Waals surface area contributed by atoms with Crippen molar-refractivity contribution in [3.05, 3.63) is 56.7 Å². The zero-order valence-electron chi connectivity index (χ0n) is 9.84. The van der Waals surface area contributed by atoms with Gasteiger partial charge in [-0.2, -0.15) is 0 Å². The van der Waals surface area contributed by atoms with Crippen molar-refractivity contribution in [3.8, 4) is 11.1 Å². The van der Waals surface area contributed by atoms with E-state index in [1.54, 1.807) is 0 Å². The molecule has 2 aromatic rings. The summed E-state index contributed by atoms with van der Waals surface area (Å²) in [5.74, 6) is 0. The molecule has 82 valence electrons. The first-order valence-corrected chi connectivity index (χ1v) is 6.49. The molecule has 0 aliphatic carbocycles. The number of aryl methyl sites for hydroxylation is 2. The van der Waals surface area contributed by atoms with Crippen molar-refractivity contribution in [1.29, 1.82) is 0 Å². The fourth-order valence-corrected chi connectivity index (χ4v) is 2.20. The van der Waals surface area contributed by atoms with Crippen molar-refractivity contribution in [2.45, 2.75) is 20.8 Å². The number of rotatable bonds is 1. The number of halogens is 1. The number of hydrogen-bond donors (Lipinski definition) is 0. The Bertz CT molecular complexity index is 486. The Morgan fingerprint density at radius 3 is 1.75 bits per heavy atom. The molecule has 16 heavy (non-hydrogen) atoms. The Morgan fingerprint density at radius 1 is 0.750 bits per heavy atom. The van der Waals surface area contributed by atoms with Gasteiger partial charge in [0.2, 0.25) is 0 Å². The summed E-state index contributed by atoms with van der Waals surface area (Å²) >= 11 is 2.33. The summed E-state index contributed by atoms with van der Waals surface area (Å²) in [6, 6.07) is 13.2. The van der Waals surface area contributed by atoms with Gasteiger partial charge in [-0.3, -0.25) is 0 Å². The molecule has 2 rings (SSSR count). The highest BCUT2D eigenvalue weighted by Gasteiger charge is 2.02. The van der Waals surface area contributed by atoms with Gasteiger partial charge in [-0.15, -0.1) is 0 Å². The Kier molecular flexibility index (Phi) is 3.33. The Hall–Kier alpha value is -0.830. The molecule has 1 heteroatoms. The van der Waals surface area contributed by atoms with Crippen molar-refractivity contribution in [2.75, 3.05) is 0 Å². The molecule has 0 unspecified atom stereocenters. The molecule has 0 N–H and O–H groups in total. The largest absolute Gasteiger partial charge is 0.0533 e. The maximum absolute atomic E-state index is 2.33. The second-order valence-corrected chi connectivity index (χ2v) is 5.49. The first kappa shape index (κ1) is 11.6. The van der Waals surface area contributed by atoms with Gasteiger partial charge in [-0.25, -0.2) is 0 Å². The lowest BCUT2D eigenvalue weighted by molar-refractivity contribution is 1.27. The molecule has 0 saturated heterocycles. The summed E-state index contributed by atoms with van der Waals surface area (Å²) in [5, 5.41) is 0. The molecule has 0 spiro atoms. The normalized spacial score (nSPS) is 10.5. The smallest absolute Gasteiger partial charge is 0.0130 e. The lowest BCUT2D eigenvalue weighted by Crippen LogP contribution is -1.88. The molecule has 0 bridgehead atoms. The van der Waals surface area contributed by atoms with Crippen molar-refractivity contribution in [2.24, 2.45) is 0 Å². The van der Waals surface area contributed by atoms with E-state index < -0.39 is 0 Å². The van der Waals surface area contributed by atoms with E-state index in [4.69, 9.17) is 0 Å². The van der Waals surface area contributed by atoms with Gasteiger partial charge in [0.15, 0.2) is 0 Å². The lowest BCUT2D eigenvalue weighted by atomic mass is 9.97. The van der Waals surface area contributed by atoms with Crippen LogP contribution < -0.4 is 0 Å². The van der Waals surface area contributed by atoms with Crippen LogP contribution in [0, 0.1) is 24.3 Å². The van der Waals surface area contributed by atoms with Crippen LogP contribution in [0.3, 0.4) is 0 Å². The van der Waals surface area contributed by atoms with E-state index in [-0.39, 0.29) is 0 Å². The topological polar surface area (TPSA) is 0 Å². The van der Waals surface area contributed by atoms with Crippen LogP contribution in [0.25, 0.3) is 11.1 Å². The third-order valence-electron chi connectivity index (χ3n) is 3.10. The van der Waals surface area contributed by atoms with Crippen LogP contribution in [0.5, 0.6) is 0 Å². The summed E-state index contributed by atoms with van der Waals surface area (Å²) in [6.45, 7) is 6.54. The van der Waals surface area contributed by atoms with Crippen LogP contribution >= 0.6 is 22.6 Å². The third-order valence-corrected chi connectivity index (χ3v) is 3.82. The zero-order chi connectivity index (χ0) is 11.7. The van der Waals surface area contributed by atoms with Crippen LogP contribution in [0.4, 0.5) is 0 Å². The van der Waals surface area contributed by atoms with Crippen molar-refractivity contribution in [3.63, 3.8) is 0 Å². The van der Waals surface area contributed by atoms with Crippen molar-refractivity contribution >= 4 is 22.6 Å². The molecule has 0 amide bonds. The first-order chi connectivity index (χ1) is 7.58. The molecule has 0 atom stereocenters. The van der Waals surface area contributed by atoms with Crippen LogP contribution in [0.2, 0.25) is 0 Å². The van der Waals surface area contributed by atoms with E-state index in [2.05, 4.69) is 79.8 Å². The van der Waals surface area contributed by atoms with Gasteiger partial charge >= 0.3 is 0 Å². The minimum absolute atomic E-state index is 1.28. The second-order valence-electron chi connectivity index (χ2n) is 4.24. The van der Waals surface area contributed by atoms with E-state index in [0.29, 0.717) is 0 Å². The van der Waals surface area contributed by atoms with Gasteiger partial charge in [-0.05, 0) is 83.3 Å². The minimum atomic E-state index is 1.28. The number of benzene rings is 2. The van der Waals surface area contributed by atoms with Crippen LogP contribution in [0.15, 0.2) is 36.4 Å². The summed E-state index contributed by atoms with van der Waals surface area (Å²) in [6.07, 6.45) is 0. The predicted molar refractivity (Wildman–Crippen MR) is 78.8 cm³/mol. The highest BCUT2D eigenvalue weighted by molar-refractivity contribution is 14.1. The fraction of sp³-hybridized carbons (Fsp3) is 0.200. The van der Waals surface area contributed by atoms with Gasteiger partial charge in [0, 0.05) is 3.57 Å². The maximum atomic E-state index is 2.33. The van der Waals surface area contributed by atoms with Gasteiger partial charge in [0.1, 0.15) is 0 Å². The SMILES string of the molecule is Cc1cc(-c2ccc(I)cc2)cc(C)c1C. The van der Waals surface area contributed by atoms with Crippen LogP contribution in [-0.4, -0.2) is 0 Å². The highest BCUT2D eigenvalue weighted by atomic mass is 127. The van der Waals surface area contributed by atoms with Crippen molar-refractivity contribution < 1.29 is 0 Å². The summed E-state index contributed by atoms with van der Waals surface area (Å²) < 4.78 is 1.28. The van der Waals surface area contributed by atoms with Gasteiger partial charge in [-0.1, -0.05) is 24.3 Å². The van der Waals surface area contributed by atoms with E-state index in [1.807, 2.05) is 0 Å². The highest BCUT2D eigenvalue weighted by Crippen LogP contribution is 2.25. The van der Waals surface area contributed by atoms with Gasteiger partial charge < -0.3 is 0 Å². The van der Waals surface area contributed by atoms with Crippen molar-refractivity contribution in [1.82, 2.24) is 0 Å². The quantitative estimate of drug-likeness (QED) is 0.656. The monoisotopic (exact) mass is 322 g/mol. The number of hydrogen-bond acceptors (Lipinski definition) is 0. The summed E-state index contributed by atoms with van der Waals surface area (Å²) in [4.78, 5) is 0. The molecule has 0 saturated carbocycles. The minimum Gasteiger partial charge on any atom is -0.0533 e. The molecule has 0 aliphatic rings. The van der Waals surface area contributed by atoms with Crippen LogP contribution in [0.1, 0.15) is 16.7 Å². The van der Waals surface area contributed by atoms with E-state index in [1.165, 1.54) is 31.4 Å². The molecular weight excluding hydrogens is 307 g/mol. The molecular formula is C15H15I. The van der Waals surface area contributed by atoms with E-state index in [9.17, 15) is 0 Å². The fourth-order valence-electron chi connectivity index (χ4n) is 1.84. The average Bonchev–Trinajstić information content (AvgIpc) is 2.26. The predicted octanol–water partition coefficient (Wildman–Crippen LogP) is 4.88. The summed E-state index contributed by atoms with van der Waals surface area (Å²) in [7, 11) is 0. The molecule has 0 aliphatic heterocycles. The zero-order valence-corrected chi connectivity index (χ0v) is 12.0. The second kappa shape index (κ2) is 4.58. The Balaban J connectivity index is 2.52.